The fraction of sp³-hybridized carbons (Fsp3) is 0.0769. The Labute approximate surface area is 190 Å². The lowest BCUT2D eigenvalue weighted by Crippen LogP contribution is -1.99. The Morgan fingerprint density at radius 2 is 1.67 bits per heavy atom. The van der Waals surface area contributed by atoms with Gasteiger partial charge in [0.1, 0.15) is 12.2 Å². The second-order valence-corrected chi connectivity index (χ2v) is 8.01. The van der Waals surface area contributed by atoms with E-state index in [0.717, 1.165) is 39.2 Å². The van der Waals surface area contributed by atoms with Crippen LogP contribution in [0.15, 0.2) is 85.5 Å². The van der Waals surface area contributed by atoms with E-state index in [1.165, 1.54) is 10.9 Å². The van der Waals surface area contributed by atoms with Crippen LogP contribution < -0.4 is 5.32 Å². The smallest absolute Gasteiger partial charge is 0.227 e. The van der Waals surface area contributed by atoms with Crippen LogP contribution >= 0.6 is 0 Å². The van der Waals surface area contributed by atoms with Crippen molar-refractivity contribution in [3.05, 3.63) is 91.3 Å². The molecule has 0 saturated heterocycles. The van der Waals surface area contributed by atoms with Gasteiger partial charge in [-0.1, -0.05) is 30.3 Å². The third-order valence-electron chi connectivity index (χ3n) is 5.82. The highest BCUT2D eigenvalue weighted by atomic mass is 15.3. The Balaban J connectivity index is 1.38. The van der Waals surface area contributed by atoms with Crippen LogP contribution in [-0.2, 0) is 7.05 Å². The summed E-state index contributed by atoms with van der Waals surface area (Å²) in [6, 6.07) is 22.7. The number of hydrogen-bond donors (Lipinski definition) is 1. The number of rotatable bonds is 4. The van der Waals surface area contributed by atoms with Crippen LogP contribution in [0.1, 0.15) is 5.82 Å². The van der Waals surface area contributed by atoms with Gasteiger partial charge in [0.05, 0.1) is 11.2 Å². The molecular formula is C26H21N7. The molecule has 0 bridgehead atoms. The first kappa shape index (κ1) is 19.2. The van der Waals surface area contributed by atoms with E-state index in [1.54, 1.807) is 11.0 Å². The molecule has 0 amide bonds. The molecule has 0 unspecified atom stereocenters. The standard InChI is InChI=1S/C26H21N7/c1-17-28-16-33(31-17)20-11-9-19(10-12-20)29-26-27-15-18-5-3-7-23(25(18)30-26)21-6-4-8-24-22(21)13-14-32(24)2/h3-16H,1-2H3,(H,27,29,30). The van der Waals surface area contributed by atoms with Gasteiger partial charge in [-0.05, 0) is 48.9 Å². The van der Waals surface area contributed by atoms with Crippen molar-refractivity contribution in [1.29, 1.82) is 0 Å². The summed E-state index contributed by atoms with van der Waals surface area (Å²) in [5, 5.41) is 9.89. The molecule has 0 aliphatic carbocycles. The van der Waals surface area contributed by atoms with E-state index < -0.39 is 0 Å². The van der Waals surface area contributed by atoms with Crippen molar-refractivity contribution in [2.24, 2.45) is 7.05 Å². The van der Waals surface area contributed by atoms with E-state index in [1.807, 2.05) is 43.5 Å². The molecule has 0 aliphatic heterocycles. The molecule has 3 aromatic carbocycles. The molecule has 0 fully saturated rings. The molecule has 0 spiro atoms. The maximum Gasteiger partial charge on any atom is 0.227 e. The van der Waals surface area contributed by atoms with Crippen molar-refractivity contribution >= 4 is 33.4 Å². The van der Waals surface area contributed by atoms with Gasteiger partial charge in [0, 0.05) is 47.0 Å². The van der Waals surface area contributed by atoms with Crippen LogP contribution in [0.4, 0.5) is 11.6 Å². The third-order valence-corrected chi connectivity index (χ3v) is 5.82. The molecule has 0 radical (unpaired) electrons. The number of benzene rings is 3. The lowest BCUT2D eigenvalue weighted by Gasteiger charge is -2.11. The van der Waals surface area contributed by atoms with Crippen LogP contribution in [0.2, 0.25) is 0 Å². The van der Waals surface area contributed by atoms with E-state index in [0.29, 0.717) is 5.95 Å². The lowest BCUT2D eigenvalue weighted by atomic mass is 9.99. The summed E-state index contributed by atoms with van der Waals surface area (Å²) in [6.07, 6.45) is 5.66. The van der Waals surface area contributed by atoms with E-state index >= 15 is 0 Å². The second-order valence-electron chi connectivity index (χ2n) is 8.01. The molecule has 3 aromatic heterocycles. The highest BCUT2D eigenvalue weighted by Gasteiger charge is 2.12. The fourth-order valence-corrected chi connectivity index (χ4v) is 4.17. The Morgan fingerprint density at radius 3 is 2.48 bits per heavy atom. The third kappa shape index (κ3) is 3.40. The van der Waals surface area contributed by atoms with E-state index in [2.05, 4.69) is 74.6 Å². The maximum absolute atomic E-state index is 4.89. The number of nitrogens with zero attached hydrogens (tertiary/aromatic N) is 6. The zero-order valence-electron chi connectivity index (χ0n) is 18.3. The predicted molar refractivity (Wildman–Crippen MR) is 131 cm³/mol. The van der Waals surface area contributed by atoms with Crippen molar-refractivity contribution in [2.45, 2.75) is 6.92 Å². The Bertz CT molecular complexity index is 1610. The average Bonchev–Trinajstić information content (AvgIpc) is 3.45. The van der Waals surface area contributed by atoms with Gasteiger partial charge in [-0.2, -0.15) is 5.10 Å². The number of aryl methyl sites for hydroxylation is 2. The van der Waals surface area contributed by atoms with Gasteiger partial charge in [0.15, 0.2) is 0 Å². The number of fused-ring (bicyclic) bond motifs is 2. The summed E-state index contributed by atoms with van der Waals surface area (Å²) >= 11 is 0. The van der Waals surface area contributed by atoms with E-state index in [4.69, 9.17) is 4.98 Å². The summed E-state index contributed by atoms with van der Waals surface area (Å²) < 4.78 is 3.89. The first-order chi connectivity index (χ1) is 16.2. The molecule has 0 aliphatic rings. The number of aromatic nitrogens is 6. The number of hydrogen-bond acceptors (Lipinski definition) is 5. The second kappa shape index (κ2) is 7.56. The quantitative estimate of drug-likeness (QED) is 0.403. The average molecular weight is 432 g/mol. The zero-order chi connectivity index (χ0) is 22.4. The molecule has 7 nitrogen and oxygen atoms in total. The Morgan fingerprint density at radius 1 is 0.848 bits per heavy atom. The molecule has 0 saturated carbocycles. The Kier molecular flexibility index (Phi) is 4.40. The van der Waals surface area contributed by atoms with Gasteiger partial charge < -0.3 is 9.88 Å². The summed E-state index contributed by atoms with van der Waals surface area (Å²) in [5.41, 5.74) is 6.21. The molecule has 7 heteroatoms. The normalized spacial score (nSPS) is 11.3. The summed E-state index contributed by atoms with van der Waals surface area (Å²) in [7, 11) is 2.06. The summed E-state index contributed by atoms with van der Waals surface area (Å²) in [6.45, 7) is 1.87. The minimum absolute atomic E-state index is 0.555. The molecular weight excluding hydrogens is 410 g/mol. The first-order valence-electron chi connectivity index (χ1n) is 10.7. The first-order valence-corrected chi connectivity index (χ1v) is 10.7. The van der Waals surface area contributed by atoms with Crippen molar-refractivity contribution in [1.82, 2.24) is 29.3 Å². The lowest BCUT2D eigenvalue weighted by molar-refractivity contribution is 0.863. The molecule has 3 heterocycles. The number of nitrogens with one attached hydrogen (secondary N) is 1. The summed E-state index contributed by atoms with van der Waals surface area (Å²) in [5.74, 6) is 1.29. The monoisotopic (exact) mass is 431 g/mol. The van der Waals surface area contributed by atoms with Gasteiger partial charge in [-0.15, -0.1) is 0 Å². The van der Waals surface area contributed by atoms with Crippen LogP contribution in [0.5, 0.6) is 0 Å². The molecule has 1 N–H and O–H groups in total. The molecule has 160 valence electrons. The van der Waals surface area contributed by atoms with Gasteiger partial charge in [-0.25, -0.2) is 19.6 Å². The van der Waals surface area contributed by atoms with Crippen molar-refractivity contribution in [3.8, 4) is 16.8 Å². The zero-order valence-corrected chi connectivity index (χ0v) is 18.3. The van der Waals surface area contributed by atoms with E-state index in [-0.39, 0.29) is 0 Å². The molecule has 6 aromatic rings. The SMILES string of the molecule is Cc1ncn(-c2ccc(Nc3ncc4cccc(-c5cccc6c5ccn6C)c4n3)cc2)n1. The topological polar surface area (TPSA) is 73.5 Å². The highest BCUT2D eigenvalue weighted by molar-refractivity contribution is 6.03. The Hall–Kier alpha value is -4.52. The van der Waals surface area contributed by atoms with Crippen molar-refractivity contribution in [3.63, 3.8) is 0 Å². The maximum atomic E-state index is 4.89. The largest absolute Gasteiger partial charge is 0.351 e. The van der Waals surface area contributed by atoms with Crippen LogP contribution in [0.25, 0.3) is 38.6 Å². The minimum atomic E-state index is 0.555. The predicted octanol–water partition coefficient (Wildman–Crippen LogP) is 5.42. The highest BCUT2D eigenvalue weighted by Crippen LogP contribution is 2.33. The summed E-state index contributed by atoms with van der Waals surface area (Å²) in [4.78, 5) is 13.6. The van der Waals surface area contributed by atoms with E-state index in [9.17, 15) is 0 Å². The fourth-order valence-electron chi connectivity index (χ4n) is 4.17. The number of anilines is 2. The minimum Gasteiger partial charge on any atom is -0.351 e. The van der Waals surface area contributed by atoms with Gasteiger partial charge >= 0.3 is 0 Å². The van der Waals surface area contributed by atoms with Crippen LogP contribution in [0.3, 0.4) is 0 Å². The molecule has 6 rings (SSSR count). The van der Waals surface area contributed by atoms with Gasteiger partial charge in [0.2, 0.25) is 5.95 Å². The van der Waals surface area contributed by atoms with Gasteiger partial charge in [0.25, 0.3) is 0 Å². The number of para-hydroxylation sites is 1. The molecule has 0 atom stereocenters. The van der Waals surface area contributed by atoms with Crippen molar-refractivity contribution < 1.29 is 0 Å². The van der Waals surface area contributed by atoms with Crippen LogP contribution in [-0.4, -0.2) is 29.3 Å². The molecule has 33 heavy (non-hydrogen) atoms. The van der Waals surface area contributed by atoms with Crippen LogP contribution in [0, 0.1) is 6.92 Å². The van der Waals surface area contributed by atoms with Gasteiger partial charge in [-0.3, -0.25) is 0 Å². The van der Waals surface area contributed by atoms with Crippen molar-refractivity contribution in [2.75, 3.05) is 5.32 Å².